The molecule has 6 heteroatoms. The molecule has 0 saturated carbocycles. The third-order valence-electron chi connectivity index (χ3n) is 2.64. The Morgan fingerprint density at radius 2 is 2.12 bits per heavy atom. The van der Waals surface area contributed by atoms with E-state index in [1.165, 1.54) is 0 Å². The summed E-state index contributed by atoms with van der Waals surface area (Å²) in [6.07, 6.45) is 2.32. The van der Waals surface area contributed by atoms with Gasteiger partial charge in [0.15, 0.2) is 0 Å². The van der Waals surface area contributed by atoms with Gasteiger partial charge in [0.25, 0.3) is 0 Å². The molecular formula is C10H19N3O3. The second-order valence-corrected chi connectivity index (χ2v) is 4.14. The molecule has 1 fully saturated rings. The van der Waals surface area contributed by atoms with Gasteiger partial charge in [-0.05, 0) is 19.3 Å². The minimum Gasteiger partial charge on any atom is -0.379 e. The van der Waals surface area contributed by atoms with E-state index in [0.29, 0.717) is 32.4 Å². The number of hydrogen-bond acceptors (Lipinski definition) is 4. The van der Waals surface area contributed by atoms with Gasteiger partial charge in [0, 0.05) is 19.6 Å². The van der Waals surface area contributed by atoms with Crippen molar-refractivity contribution < 1.29 is 14.3 Å². The number of primary amides is 1. The Morgan fingerprint density at radius 3 is 2.69 bits per heavy atom. The smallest absolute Gasteiger partial charge is 0.242 e. The Bertz CT molecular complexity index is 262. The maximum absolute atomic E-state index is 11.7. The van der Waals surface area contributed by atoms with E-state index in [-0.39, 0.29) is 18.4 Å². The van der Waals surface area contributed by atoms with Crippen molar-refractivity contribution >= 4 is 11.8 Å². The summed E-state index contributed by atoms with van der Waals surface area (Å²) in [4.78, 5) is 22.1. The molecule has 0 aromatic heterocycles. The zero-order valence-corrected chi connectivity index (χ0v) is 9.33. The molecule has 5 N–H and O–H groups in total. The van der Waals surface area contributed by atoms with Crippen LogP contribution in [-0.4, -0.2) is 37.1 Å². The monoisotopic (exact) mass is 229 g/mol. The number of nitrogens with two attached hydrogens (primary N) is 2. The Morgan fingerprint density at radius 1 is 1.38 bits per heavy atom. The number of hydrogen-bond donors (Lipinski definition) is 3. The summed E-state index contributed by atoms with van der Waals surface area (Å²) in [6, 6.07) is 0. The summed E-state index contributed by atoms with van der Waals surface area (Å²) in [5.74, 6) is -0.491. The van der Waals surface area contributed by atoms with Gasteiger partial charge in [0.05, 0.1) is 6.61 Å². The Labute approximate surface area is 94.7 Å². The van der Waals surface area contributed by atoms with E-state index in [2.05, 4.69) is 5.32 Å². The second-order valence-electron chi connectivity index (χ2n) is 4.14. The van der Waals surface area contributed by atoms with Gasteiger partial charge in [-0.3, -0.25) is 9.59 Å². The minimum atomic E-state index is -0.871. The van der Waals surface area contributed by atoms with E-state index >= 15 is 0 Å². The molecule has 1 aliphatic heterocycles. The number of carbonyl (C=O) groups is 2. The molecular weight excluding hydrogens is 210 g/mol. The molecule has 1 aliphatic rings. The van der Waals surface area contributed by atoms with Crippen LogP contribution in [0.3, 0.4) is 0 Å². The molecule has 1 rings (SSSR count). The molecule has 0 spiro atoms. The van der Waals surface area contributed by atoms with Crippen molar-refractivity contribution in [1.82, 2.24) is 5.32 Å². The summed E-state index contributed by atoms with van der Waals surface area (Å²) < 4.78 is 5.09. The van der Waals surface area contributed by atoms with Crippen LogP contribution in [0.15, 0.2) is 0 Å². The number of unbranched alkanes of at least 4 members (excludes halogenated alkanes) is 1. The summed E-state index contributed by atoms with van der Waals surface area (Å²) >= 11 is 0. The molecule has 1 saturated heterocycles. The molecule has 0 aliphatic carbocycles. The predicted molar refractivity (Wildman–Crippen MR) is 58.4 cm³/mol. The van der Waals surface area contributed by atoms with Crippen molar-refractivity contribution in [2.75, 3.05) is 19.8 Å². The molecule has 0 aromatic rings. The molecule has 6 nitrogen and oxygen atoms in total. The maximum atomic E-state index is 11.7. The molecule has 16 heavy (non-hydrogen) atoms. The zero-order chi connectivity index (χ0) is 12.0. The van der Waals surface area contributed by atoms with Crippen LogP contribution in [0.4, 0.5) is 0 Å². The lowest BCUT2D eigenvalue weighted by Gasteiger charge is -2.20. The predicted octanol–water partition coefficient (Wildman–Crippen LogP) is -1.12. The average molecular weight is 229 g/mol. The molecule has 1 atom stereocenters. The zero-order valence-electron chi connectivity index (χ0n) is 9.33. The van der Waals surface area contributed by atoms with Gasteiger partial charge in [-0.2, -0.15) is 0 Å². The molecule has 1 heterocycles. The topological polar surface area (TPSA) is 107 Å². The van der Waals surface area contributed by atoms with E-state index in [0.717, 1.165) is 6.42 Å². The van der Waals surface area contributed by atoms with E-state index in [4.69, 9.17) is 16.2 Å². The maximum Gasteiger partial charge on any atom is 0.242 e. The molecule has 0 aromatic carbocycles. The molecule has 1 unspecified atom stereocenters. The van der Waals surface area contributed by atoms with E-state index in [1.807, 2.05) is 0 Å². The summed E-state index contributed by atoms with van der Waals surface area (Å²) in [5, 5.41) is 2.74. The normalized spacial score (nSPS) is 24.3. The molecule has 92 valence electrons. The van der Waals surface area contributed by atoms with Crippen molar-refractivity contribution in [1.29, 1.82) is 0 Å². The lowest BCUT2D eigenvalue weighted by molar-refractivity contribution is -0.126. The van der Waals surface area contributed by atoms with E-state index in [1.54, 1.807) is 0 Å². The third-order valence-corrected chi connectivity index (χ3v) is 2.64. The Hall–Kier alpha value is -1.14. The van der Waals surface area contributed by atoms with Gasteiger partial charge in [-0.15, -0.1) is 0 Å². The fourth-order valence-corrected chi connectivity index (χ4v) is 1.56. The van der Waals surface area contributed by atoms with Crippen LogP contribution in [0, 0.1) is 0 Å². The Kier molecular flexibility index (Phi) is 4.70. The standard InChI is InChI=1S/C10H19N3O3/c11-8(14)3-1-2-5-13-9(15)10(12)4-6-16-7-10/h1-7,12H2,(H2,11,14)(H,13,15). The van der Waals surface area contributed by atoms with Gasteiger partial charge >= 0.3 is 0 Å². The van der Waals surface area contributed by atoms with E-state index < -0.39 is 5.54 Å². The largest absolute Gasteiger partial charge is 0.379 e. The lowest BCUT2D eigenvalue weighted by atomic mass is 9.99. The van der Waals surface area contributed by atoms with Crippen LogP contribution in [-0.2, 0) is 14.3 Å². The number of nitrogens with one attached hydrogen (secondary N) is 1. The van der Waals surface area contributed by atoms with Gasteiger partial charge < -0.3 is 21.5 Å². The SMILES string of the molecule is NC(=O)CCCCNC(=O)C1(N)CCOC1. The highest BCUT2D eigenvalue weighted by Gasteiger charge is 2.37. The number of amides is 2. The molecule has 2 amide bonds. The van der Waals surface area contributed by atoms with Gasteiger partial charge in [0.2, 0.25) is 11.8 Å². The number of carbonyl (C=O) groups excluding carboxylic acids is 2. The van der Waals surface area contributed by atoms with Crippen LogP contribution in [0.5, 0.6) is 0 Å². The van der Waals surface area contributed by atoms with Crippen molar-refractivity contribution in [3.63, 3.8) is 0 Å². The number of ether oxygens (including phenoxy) is 1. The molecule has 0 radical (unpaired) electrons. The summed E-state index contributed by atoms with van der Waals surface area (Å²) in [7, 11) is 0. The lowest BCUT2D eigenvalue weighted by Crippen LogP contribution is -2.54. The first kappa shape index (κ1) is 12.9. The highest BCUT2D eigenvalue weighted by atomic mass is 16.5. The fraction of sp³-hybridized carbons (Fsp3) is 0.800. The van der Waals surface area contributed by atoms with Gasteiger partial charge in [-0.25, -0.2) is 0 Å². The van der Waals surface area contributed by atoms with Crippen LogP contribution in [0.2, 0.25) is 0 Å². The third kappa shape index (κ3) is 3.79. The van der Waals surface area contributed by atoms with Crippen LogP contribution in [0.25, 0.3) is 0 Å². The highest BCUT2D eigenvalue weighted by molar-refractivity contribution is 5.86. The summed E-state index contributed by atoms with van der Waals surface area (Å²) in [5.41, 5.74) is 9.98. The average Bonchev–Trinajstić information content (AvgIpc) is 2.65. The van der Waals surface area contributed by atoms with Crippen LogP contribution in [0.1, 0.15) is 25.7 Å². The molecule has 0 bridgehead atoms. The van der Waals surface area contributed by atoms with Crippen molar-refractivity contribution in [3.8, 4) is 0 Å². The Balaban J connectivity index is 2.13. The van der Waals surface area contributed by atoms with Crippen molar-refractivity contribution in [3.05, 3.63) is 0 Å². The highest BCUT2D eigenvalue weighted by Crippen LogP contribution is 2.15. The van der Waals surface area contributed by atoms with Crippen molar-refractivity contribution in [2.45, 2.75) is 31.2 Å². The minimum absolute atomic E-state index is 0.177. The van der Waals surface area contributed by atoms with Crippen LogP contribution >= 0.6 is 0 Å². The van der Waals surface area contributed by atoms with Crippen molar-refractivity contribution in [2.24, 2.45) is 11.5 Å². The second kappa shape index (κ2) is 5.81. The first-order chi connectivity index (χ1) is 7.54. The quantitative estimate of drug-likeness (QED) is 0.501. The fourth-order valence-electron chi connectivity index (χ4n) is 1.56. The van der Waals surface area contributed by atoms with Crippen LogP contribution < -0.4 is 16.8 Å². The number of rotatable bonds is 6. The summed E-state index contributed by atoms with van der Waals surface area (Å²) in [6.45, 7) is 1.33. The van der Waals surface area contributed by atoms with E-state index in [9.17, 15) is 9.59 Å². The first-order valence-corrected chi connectivity index (χ1v) is 5.48. The van der Waals surface area contributed by atoms with Gasteiger partial charge in [0.1, 0.15) is 5.54 Å². The first-order valence-electron chi connectivity index (χ1n) is 5.48. The van der Waals surface area contributed by atoms with Gasteiger partial charge in [-0.1, -0.05) is 0 Å².